The van der Waals surface area contributed by atoms with Crippen molar-refractivity contribution in [3.63, 3.8) is 0 Å². The lowest BCUT2D eigenvalue weighted by Gasteiger charge is -2.31. The van der Waals surface area contributed by atoms with Crippen LogP contribution >= 0.6 is 11.3 Å². The van der Waals surface area contributed by atoms with Crippen LogP contribution in [0.3, 0.4) is 0 Å². The fourth-order valence-corrected chi connectivity index (χ4v) is 6.02. The number of fused-ring (bicyclic) bond motifs is 3. The van der Waals surface area contributed by atoms with Crippen LogP contribution in [0, 0.1) is 6.92 Å². The summed E-state index contributed by atoms with van der Waals surface area (Å²) in [4.78, 5) is 34.0. The number of hydrogen-bond acceptors (Lipinski definition) is 10. The van der Waals surface area contributed by atoms with E-state index in [0.29, 0.717) is 15.2 Å². The average molecular weight is 667 g/mol. The number of benzene rings is 2. The number of hydrogen-bond donors (Lipinski definition) is 3. The van der Waals surface area contributed by atoms with Crippen molar-refractivity contribution in [1.82, 2.24) is 15.3 Å². The Morgan fingerprint density at radius 1 is 1.13 bits per heavy atom. The molecule has 2 aliphatic heterocycles. The monoisotopic (exact) mass is 666 g/mol. The number of alkyl halides is 5. The molecular formula is C29H23F5N4O7S. The Bertz CT molecular complexity index is 1930. The molecule has 0 aliphatic carbocycles. The molecule has 2 aromatic heterocycles. The molecule has 0 spiro atoms. The Labute approximate surface area is 260 Å². The highest BCUT2D eigenvalue weighted by molar-refractivity contribution is 7.18. The van der Waals surface area contributed by atoms with E-state index in [1.807, 2.05) is 0 Å². The molecule has 0 bridgehead atoms. The molecule has 0 radical (unpaired) electrons. The fraction of sp³-hybridized carbons (Fsp3) is 0.310. The van der Waals surface area contributed by atoms with Crippen molar-refractivity contribution in [3.05, 3.63) is 58.2 Å². The number of pyridine rings is 1. The van der Waals surface area contributed by atoms with Gasteiger partial charge in [-0.1, -0.05) is 0 Å². The van der Waals surface area contributed by atoms with E-state index in [-0.39, 0.29) is 46.2 Å². The van der Waals surface area contributed by atoms with Gasteiger partial charge in [0.15, 0.2) is 11.5 Å². The van der Waals surface area contributed by atoms with E-state index < -0.39 is 53.3 Å². The van der Waals surface area contributed by atoms with Crippen LogP contribution in [0.4, 0.5) is 22.0 Å². The Morgan fingerprint density at radius 3 is 2.52 bits per heavy atom. The van der Waals surface area contributed by atoms with Gasteiger partial charge < -0.3 is 35.1 Å². The normalized spacial score (nSPS) is 19.3. The molecule has 4 aromatic rings. The van der Waals surface area contributed by atoms with Crippen LogP contribution < -0.4 is 30.0 Å². The maximum absolute atomic E-state index is 14.8. The number of carbonyl (C=O) groups excluding carboxylic acids is 2. The second-order valence-corrected chi connectivity index (χ2v) is 12.1. The molecule has 0 fully saturated rings. The van der Waals surface area contributed by atoms with Gasteiger partial charge >= 0.3 is 12.5 Å². The molecule has 2 aromatic carbocycles. The SMILES string of the molecule is COc1cc(C(=O)NCC(O)(c2cc3c(c(-c4ccc5c(c4)OC(F)(F)O5)n2)OC[C@]3(C)C(N)=O)C(F)(F)F)cc2sc(C)nc12. The van der Waals surface area contributed by atoms with Gasteiger partial charge in [-0.2, -0.15) is 13.2 Å². The zero-order chi connectivity index (χ0) is 33.4. The largest absolute Gasteiger partial charge is 0.586 e. The first-order chi connectivity index (χ1) is 21.5. The predicted octanol–water partition coefficient (Wildman–Crippen LogP) is 4.31. The molecule has 17 heteroatoms. The van der Waals surface area contributed by atoms with E-state index in [2.05, 4.69) is 24.8 Å². The minimum absolute atomic E-state index is 0.0630. The molecule has 1 unspecified atom stereocenters. The lowest BCUT2D eigenvalue weighted by atomic mass is 9.81. The van der Waals surface area contributed by atoms with E-state index in [1.165, 1.54) is 43.6 Å². The lowest BCUT2D eigenvalue weighted by molar-refractivity contribution is -0.286. The topological polar surface area (TPSA) is 155 Å². The van der Waals surface area contributed by atoms with Gasteiger partial charge in [-0.05, 0) is 50.2 Å². The number of nitrogens with one attached hydrogen (secondary N) is 1. The van der Waals surface area contributed by atoms with Crippen molar-refractivity contribution in [1.29, 1.82) is 0 Å². The Kier molecular flexibility index (Phi) is 7.05. The molecule has 6 rings (SSSR count). The second kappa shape index (κ2) is 10.4. The maximum Gasteiger partial charge on any atom is 0.586 e. The standard InChI is InChI=1S/C29H23F5N4O7S/c1-12-37-22-18(42-3)7-14(8-19(22)46-12)24(39)36-10-27(41,28(30,31)32)20-9-15-23(43-11-26(15,2)25(35)40)21(38-20)13-4-5-16-17(6-13)45-29(33,34)44-16/h4-9,41H,10-11H2,1-3H3,(H2,35,40)(H,36,39)/t26-,27?/m0/s1. The molecule has 0 saturated carbocycles. The summed E-state index contributed by atoms with van der Waals surface area (Å²) in [6, 6.07) is 6.87. The van der Waals surface area contributed by atoms with Gasteiger partial charge in [-0.25, -0.2) is 9.97 Å². The van der Waals surface area contributed by atoms with Crippen molar-refractivity contribution in [2.24, 2.45) is 5.73 Å². The molecule has 4 heterocycles. The summed E-state index contributed by atoms with van der Waals surface area (Å²) >= 11 is 1.24. The molecule has 242 valence electrons. The summed E-state index contributed by atoms with van der Waals surface area (Å²) < 4.78 is 92.0. The Morgan fingerprint density at radius 2 is 1.85 bits per heavy atom. The summed E-state index contributed by atoms with van der Waals surface area (Å²) in [6.45, 7) is 1.26. The number of carbonyl (C=O) groups is 2. The third-order valence-electron chi connectivity index (χ3n) is 7.74. The summed E-state index contributed by atoms with van der Waals surface area (Å²) in [5.41, 5.74) is -1.08. The van der Waals surface area contributed by atoms with Gasteiger partial charge in [0.1, 0.15) is 34.7 Å². The minimum atomic E-state index is -5.44. The summed E-state index contributed by atoms with van der Waals surface area (Å²) in [6.07, 6.45) is -9.42. The number of primary amides is 1. The van der Waals surface area contributed by atoms with Crippen LogP contribution in [0.25, 0.3) is 21.5 Å². The number of aryl methyl sites for hydroxylation is 1. The van der Waals surface area contributed by atoms with Gasteiger partial charge in [0.05, 0.1) is 29.1 Å². The molecule has 2 amide bonds. The Balaban J connectivity index is 1.44. The van der Waals surface area contributed by atoms with E-state index in [4.69, 9.17) is 15.2 Å². The van der Waals surface area contributed by atoms with Gasteiger partial charge in [-0.15, -0.1) is 20.1 Å². The zero-order valence-corrected chi connectivity index (χ0v) is 24.9. The third kappa shape index (κ3) is 4.99. The van der Waals surface area contributed by atoms with E-state index in [0.717, 1.165) is 18.2 Å². The Hall–Kier alpha value is -4.77. The molecular weight excluding hydrogens is 643 g/mol. The van der Waals surface area contributed by atoms with Crippen molar-refractivity contribution in [3.8, 4) is 34.3 Å². The number of methoxy groups -OCH3 is 1. The van der Waals surface area contributed by atoms with Crippen molar-refractivity contribution < 1.29 is 55.6 Å². The van der Waals surface area contributed by atoms with Crippen molar-refractivity contribution in [2.45, 2.75) is 37.3 Å². The second-order valence-electron chi connectivity index (χ2n) is 10.8. The van der Waals surface area contributed by atoms with Crippen LogP contribution in [-0.2, 0) is 15.8 Å². The quantitative estimate of drug-likeness (QED) is 0.245. The van der Waals surface area contributed by atoms with Crippen LogP contribution in [0.5, 0.6) is 23.0 Å². The highest BCUT2D eigenvalue weighted by Crippen LogP contribution is 2.50. The average Bonchev–Trinajstić information content (AvgIpc) is 3.64. The highest BCUT2D eigenvalue weighted by atomic mass is 32.1. The number of aliphatic hydroxyl groups is 1. The summed E-state index contributed by atoms with van der Waals surface area (Å²) in [5.74, 6) is -2.66. The van der Waals surface area contributed by atoms with E-state index >= 15 is 0 Å². The third-order valence-corrected chi connectivity index (χ3v) is 8.66. The van der Waals surface area contributed by atoms with Gasteiger partial charge in [0.25, 0.3) is 5.91 Å². The molecule has 2 aliphatic rings. The van der Waals surface area contributed by atoms with Gasteiger partial charge in [-0.3, -0.25) is 9.59 Å². The molecule has 0 saturated heterocycles. The summed E-state index contributed by atoms with van der Waals surface area (Å²) in [5, 5.41) is 14.1. The van der Waals surface area contributed by atoms with Crippen LogP contribution in [0.2, 0.25) is 0 Å². The zero-order valence-electron chi connectivity index (χ0n) is 24.0. The first-order valence-electron chi connectivity index (χ1n) is 13.4. The molecule has 2 atom stereocenters. The molecule has 46 heavy (non-hydrogen) atoms. The number of nitrogens with zero attached hydrogens (tertiary/aromatic N) is 2. The number of halogens is 5. The van der Waals surface area contributed by atoms with Gasteiger partial charge in [0, 0.05) is 16.7 Å². The first-order valence-corrected chi connectivity index (χ1v) is 14.2. The van der Waals surface area contributed by atoms with Crippen molar-refractivity contribution >= 4 is 33.4 Å². The fourth-order valence-electron chi connectivity index (χ4n) is 5.13. The first kappa shape index (κ1) is 31.2. The maximum atomic E-state index is 14.8. The number of nitrogens with two attached hydrogens (primary N) is 1. The lowest BCUT2D eigenvalue weighted by Crippen LogP contribution is -2.51. The summed E-state index contributed by atoms with van der Waals surface area (Å²) in [7, 11) is 1.35. The molecule has 11 nitrogen and oxygen atoms in total. The predicted molar refractivity (Wildman–Crippen MR) is 151 cm³/mol. The van der Waals surface area contributed by atoms with Crippen LogP contribution in [0.15, 0.2) is 36.4 Å². The minimum Gasteiger partial charge on any atom is -0.494 e. The van der Waals surface area contributed by atoms with Gasteiger partial charge in [0.2, 0.25) is 11.5 Å². The van der Waals surface area contributed by atoms with E-state index in [1.54, 1.807) is 6.92 Å². The van der Waals surface area contributed by atoms with Crippen LogP contribution in [0.1, 0.15) is 33.5 Å². The molecule has 4 N–H and O–H groups in total. The number of thiazole rings is 1. The number of amides is 2. The highest BCUT2D eigenvalue weighted by Gasteiger charge is 2.58. The van der Waals surface area contributed by atoms with Crippen molar-refractivity contribution in [2.75, 3.05) is 20.3 Å². The number of rotatable bonds is 7. The van der Waals surface area contributed by atoms with E-state index in [9.17, 15) is 36.6 Å². The number of aromatic nitrogens is 2. The smallest absolute Gasteiger partial charge is 0.494 e. The number of ether oxygens (including phenoxy) is 4. The van der Waals surface area contributed by atoms with Crippen LogP contribution in [-0.4, -0.2) is 59.6 Å².